The van der Waals surface area contributed by atoms with Gasteiger partial charge in [0.15, 0.2) is 11.5 Å². The minimum atomic E-state index is 0.178. The summed E-state index contributed by atoms with van der Waals surface area (Å²) in [5.74, 6) is 1.67. The van der Waals surface area contributed by atoms with Gasteiger partial charge in [-0.3, -0.25) is 4.79 Å². The molecule has 0 bridgehead atoms. The van der Waals surface area contributed by atoms with Gasteiger partial charge in [-0.05, 0) is 55.9 Å². The van der Waals surface area contributed by atoms with Crippen LogP contribution in [0.5, 0.6) is 11.5 Å². The number of unbranched alkanes of at least 4 members (excludes halogenated alkanes) is 2. The molecule has 0 heterocycles. The monoisotopic (exact) mass is 427 g/mol. The van der Waals surface area contributed by atoms with Gasteiger partial charge in [0.1, 0.15) is 0 Å². The van der Waals surface area contributed by atoms with E-state index in [0.717, 1.165) is 49.2 Å². The summed E-state index contributed by atoms with van der Waals surface area (Å²) < 4.78 is 11.4. The van der Waals surface area contributed by atoms with E-state index >= 15 is 0 Å². The number of amides is 1. The first-order valence-electron chi connectivity index (χ1n) is 12.5. The maximum atomic E-state index is 13.3. The van der Waals surface area contributed by atoms with Crippen LogP contribution in [-0.4, -0.2) is 36.6 Å². The summed E-state index contributed by atoms with van der Waals surface area (Å²) in [5, 5.41) is 0. The van der Waals surface area contributed by atoms with Gasteiger partial charge in [-0.25, -0.2) is 0 Å². The van der Waals surface area contributed by atoms with Crippen molar-refractivity contribution in [3.8, 4) is 11.5 Å². The Labute approximate surface area is 189 Å². The maximum Gasteiger partial charge on any atom is 0.247 e. The molecule has 0 aliphatic heterocycles. The van der Waals surface area contributed by atoms with Crippen LogP contribution in [0.2, 0.25) is 0 Å². The van der Waals surface area contributed by atoms with Gasteiger partial charge in [0.2, 0.25) is 5.91 Å². The zero-order valence-electron chi connectivity index (χ0n) is 19.6. The van der Waals surface area contributed by atoms with Crippen molar-refractivity contribution < 1.29 is 14.3 Å². The smallest absolute Gasteiger partial charge is 0.247 e. The van der Waals surface area contributed by atoms with Crippen LogP contribution in [0.25, 0.3) is 6.08 Å². The van der Waals surface area contributed by atoms with Gasteiger partial charge in [-0.15, -0.1) is 0 Å². The number of hydrogen-bond donors (Lipinski definition) is 0. The third-order valence-corrected chi connectivity index (χ3v) is 6.80. The van der Waals surface area contributed by atoms with Crippen LogP contribution in [0.4, 0.5) is 0 Å². The molecule has 1 amide bonds. The van der Waals surface area contributed by atoms with E-state index in [1.165, 1.54) is 51.4 Å². The largest absolute Gasteiger partial charge is 0.493 e. The van der Waals surface area contributed by atoms with E-state index in [1.807, 2.05) is 24.3 Å². The molecule has 2 saturated carbocycles. The Hall–Kier alpha value is -1.97. The van der Waals surface area contributed by atoms with E-state index in [4.69, 9.17) is 9.47 Å². The molecule has 1 aromatic rings. The molecule has 0 aromatic heterocycles. The molecule has 2 fully saturated rings. The quantitative estimate of drug-likeness (QED) is 0.305. The van der Waals surface area contributed by atoms with Crippen molar-refractivity contribution in [3.05, 3.63) is 29.8 Å². The van der Waals surface area contributed by atoms with E-state index in [0.29, 0.717) is 18.7 Å². The van der Waals surface area contributed by atoms with Crippen LogP contribution >= 0.6 is 0 Å². The van der Waals surface area contributed by atoms with Crippen molar-refractivity contribution in [1.29, 1.82) is 0 Å². The van der Waals surface area contributed by atoms with Crippen molar-refractivity contribution in [1.82, 2.24) is 4.90 Å². The fourth-order valence-electron chi connectivity index (χ4n) is 5.07. The van der Waals surface area contributed by atoms with Crippen LogP contribution in [0, 0.1) is 0 Å². The Kier molecular flexibility index (Phi) is 9.77. The van der Waals surface area contributed by atoms with Crippen molar-refractivity contribution in [2.45, 2.75) is 102 Å². The minimum absolute atomic E-state index is 0.178. The number of ether oxygens (including phenoxy) is 2. The first-order chi connectivity index (χ1) is 15.2. The molecule has 1 aromatic carbocycles. The van der Waals surface area contributed by atoms with Crippen molar-refractivity contribution in [2.24, 2.45) is 0 Å². The molecule has 2 aliphatic rings. The molecule has 0 radical (unpaired) electrons. The first-order valence-corrected chi connectivity index (χ1v) is 12.5. The highest BCUT2D eigenvalue weighted by atomic mass is 16.5. The lowest BCUT2D eigenvalue weighted by atomic mass is 9.88. The molecule has 4 nitrogen and oxygen atoms in total. The average Bonchev–Trinajstić information content (AvgIpc) is 2.82. The molecule has 0 N–H and O–H groups in total. The molecule has 0 spiro atoms. The molecule has 31 heavy (non-hydrogen) atoms. The third-order valence-electron chi connectivity index (χ3n) is 6.80. The van der Waals surface area contributed by atoms with Crippen LogP contribution in [-0.2, 0) is 4.79 Å². The van der Waals surface area contributed by atoms with Gasteiger partial charge in [-0.1, -0.05) is 64.4 Å². The lowest BCUT2D eigenvalue weighted by molar-refractivity contribution is -0.132. The Morgan fingerprint density at radius 2 is 1.61 bits per heavy atom. The zero-order chi connectivity index (χ0) is 21.9. The van der Waals surface area contributed by atoms with Crippen LogP contribution in [0.3, 0.4) is 0 Å². The summed E-state index contributed by atoms with van der Waals surface area (Å²) >= 11 is 0. The molecular weight excluding hydrogens is 386 g/mol. The summed E-state index contributed by atoms with van der Waals surface area (Å²) in [6.07, 6.45) is 19.4. The molecule has 0 unspecified atom stereocenters. The van der Waals surface area contributed by atoms with E-state index < -0.39 is 0 Å². The number of methoxy groups -OCH3 is 1. The molecular formula is C27H41NO3. The normalized spacial score (nSPS) is 18.3. The van der Waals surface area contributed by atoms with Crippen LogP contribution < -0.4 is 9.47 Å². The van der Waals surface area contributed by atoms with E-state index in [9.17, 15) is 4.79 Å². The Balaban J connectivity index is 1.68. The summed E-state index contributed by atoms with van der Waals surface area (Å²) in [7, 11) is 1.67. The van der Waals surface area contributed by atoms with Gasteiger partial charge in [0.25, 0.3) is 0 Å². The Bertz CT molecular complexity index is 684. The highest BCUT2D eigenvalue weighted by Crippen LogP contribution is 2.31. The van der Waals surface area contributed by atoms with Gasteiger partial charge < -0.3 is 14.4 Å². The van der Waals surface area contributed by atoms with Gasteiger partial charge in [0, 0.05) is 18.2 Å². The number of nitrogens with zero attached hydrogens (tertiary/aromatic N) is 1. The third kappa shape index (κ3) is 7.02. The van der Waals surface area contributed by atoms with E-state index in [-0.39, 0.29) is 5.91 Å². The highest BCUT2D eigenvalue weighted by molar-refractivity contribution is 5.92. The van der Waals surface area contributed by atoms with Crippen LogP contribution in [0.1, 0.15) is 96.0 Å². The highest BCUT2D eigenvalue weighted by Gasteiger charge is 2.31. The SMILES string of the molecule is CCCCCOc1ccc(/C=C/C(=O)N(C2CCCCC2)C2CCCCC2)cc1OC. The lowest BCUT2D eigenvalue weighted by Gasteiger charge is -2.41. The Morgan fingerprint density at radius 3 is 2.19 bits per heavy atom. The lowest BCUT2D eigenvalue weighted by Crippen LogP contribution is -2.48. The number of hydrogen-bond acceptors (Lipinski definition) is 3. The molecule has 2 aliphatic carbocycles. The Morgan fingerprint density at radius 1 is 0.968 bits per heavy atom. The first kappa shape index (κ1) is 23.7. The van der Waals surface area contributed by atoms with Crippen molar-refractivity contribution in [2.75, 3.05) is 13.7 Å². The standard InChI is InChI=1S/C27H41NO3/c1-3-4-11-20-31-25-18-16-22(21-26(25)30-2)17-19-27(29)28(23-12-7-5-8-13-23)24-14-9-6-10-15-24/h16-19,21,23-24H,3-15,20H2,1-2H3/b19-17+. The van der Waals surface area contributed by atoms with Gasteiger partial charge in [-0.2, -0.15) is 0 Å². The number of carbonyl (C=O) groups excluding carboxylic acids is 1. The van der Waals surface area contributed by atoms with Crippen LogP contribution in [0.15, 0.2) is 24.3 Å². The second-order valence-electron chi connectivity index (χ2n) is 9.13. The predicted molar refractivity (Wildman–Crippen MR) is 128 cm³/mol. The predicted octanol–water partition coefficient (Wildman–Crippen LogP) is 6.77. The second kappa shape index (κ2) is 12.8. The molecule has 172 valence electrons. The fourth-order valence-corrected chi connectivity index (χ4v) is 5.07. The zero-order valence-corrected chi connectivity index (χ0v) is 19.6. The van der Waals surface area contributed by atoms with Crippen molar-refractivity contribution in [3.63, 3.8) is 0 Å². The number of rotatable bonds is 10. The van der Waals surface area contributed by atoms with E-state index in [1.54, 1.807) is 13.2 Å². The molecule has 4 heteroatoms. The fraction of sp³-hybridized carbons (Fsp3) is 0.667. The van der Waals surface area contributed by atoms with Crippen molar-refractivity contribution >= 4 is 12.0 Å². The van der Waals surface area contributed by atoms with Gasteiger partial charge in [0.05, 0.1) is 13.7 Å². The minimum Gasteiger partial charge on any atom is -0.493 e. The van der Waals surface area contributed by atoms with E-state index in [2.05, 4.69) is 11.8 Å². The molecule has 3 rings (SSSR count). The maximum absolute atomic E-state index is 13.3. The molecule has 0 saturated heterocycles. The second-order valence-corrected chi connectivity index (χ2v) is 9.13. The average molecular weight is 428 g/mol. The summed E-state index contributed by atoms with van der Waals surface area (Å²) in [6, 6.07) is 6.76. The number of benzene rings is 1. The number of carbonyl (C=O) groups is 1. The summed E-state index contributed by atoms with van der Waals surface area (Å²) in [4.78, 5) is 15.6. The van der Waals surface area contributed by atoms with Gasteiger partial charge >= 0.3 is 0 Å². The summed E-state index contributed by atoms with van der Waals surface area (Å²) in [6.45, 7) is 2.89. The molecule has 0 atom stereocenters. The topological polar surface area (TPSA) is 38.8 Å². The summed E-state index contributed by atoms with van der Waals surface area (Å²) in [5.41, 5.74) is 0.971.